The van der Waals surface area contributed by atoms with Gasteiger partial charge >= 0.3 is 0 Å². The summed E-state index contributed by atoms with van der Waals surface area (Å²) in [5.41, 5.74) is 0.411. The topological polar surface area (TPSA) is 49.8 Å². The number of rotatable bonds is 3. The zero-order chi connectivity index (χ0) is 13.9. The van der Waals surface area contributed by atoms with Crippen LogP contribution in [0.1, 0.15) is 22.8 Å². The summed E-state index contributed by atoms with van der Waals surface area (Å²) in [5.74, 6) is 0.00292. The second-order valence-corrected chi connectivity index (χ2v) is 5.24. The van der Waals surface area contributed by atoms with Crippen molar-refractivity contribution in [1.82, 2.24) is 4.90 Å². The summed E-state index contributed by atoms with van der Waals surface area (Å²) < 4.78 is 5.25. The molecule has 1 unspecified atom stereocenters. The van der Waals surface area contributed by atoms with Crippen molar-refractivity contribution in [2.24, 2.45) is 0 Å². The first kappa shape index (κ1) is 14.0. The van der Waals surface area contributed by atoms with Gasteiger partial charge in [-0.3, -0.25) is 4.79 Å². The highest BCUT2D eigenvalue weighted by molar-refractivity contribution is 5.95. The van der Waals surface area contributed by atoms with Crippen LogP contribution in [0.25, 0.3) is 0 Å². The molecule has 0 saturated carbocycles. The van der Waals surface area contributed by atoms with Gasteiger partial charge in [-0.15, -0.1) is 0 Å². The molecule has 2 rings (SSSR count). The average molecular weight is 262 g/mol. The van der Waals surface area contributed by atoms with E-state index in [4.69, 9.17) is 4.74 Å². The number of aliphatic hydroxyl groups is 1. The Labute approximate surface area is 114 Å². The molecule has 1 N–H and O–H groups in total. The molecular formula is C15H20NO3. The van der Waals surface area contributed by atoms with Crippen LogP contribution in [0.4, 0.5) is 0 Å². The average Bonchev–Trinajstić information content (AvgIpc) is 2.38. The quantitative estimate of drug-likeness (QED) is 0.893. The number of carbonyl (C=O) groups is 1. The van der Waals surface area contributed by atoms with Crippen LogP contribution in [-0.2, 0) is 11.2 Å². The minimum atomic E-state index is -1.07. The molecule has 1 heterocycles. The van der Waals surface area contributed by atoms with Crippen molar-refractivity contribution in [3.63, 3.8) is 0 Å². The van der Waals surface area contributed by atoms with Gasteiger partial charge in [0.15, 0.2) is 0 Å². The molecule has 0 bridgehead atoms. The largest absolute Gasteiger partial charge is 0.390 e. The van der Waals surface area contributed by atoms with Crippen molar-refractivity contribution in [3.05, 3.63) is 42.3 Å². The van der Waals surface area contributed by atoms with E-state index in [9.17, 15) is 9.90 Å². The standard InChI is InChI=1S/C15H20NO3/c1-15(2,18)11-12-5-3-4-6-13(12)14(17)16-7-9-19-10-8-16/h3-6,18H,1,7-11H2,2H3. The van der Waals surface area contributed by atoms with Crippen molar-refractivity contribution in [2.75, 3.05) is 26.3 Å². The first-order valence-electron chi connectivity index (χ1n) is 6.50. The van der Waals surface area contributed by atoms with Gasteiger partial charge in [0.25, 0.3) is 5.91 Å². The predicted octanol–water partition coefficient (Wildman–Crippen LogP) is 1.29. The Bertz CT molecular complexity index is 445. The second-order valence-electron chi connectivity index (χ2n) is 5.24. The molecule has 0 aliphatic carbocycles. The van der Waals surface area contributed by atoms with E-state index < -0.39 is 5.60 Å². The molecular weight excluding hydrogens is 242 g/mol. The van der Waals surface area contributed by atoms with Crippen molar-refractivity contribution in [1.29, 1.82) is 0 Å². The van der Waals surface area contributed by atoms with Gasteiger partial charge in [-0.1, -0.05) is 18.2 Å². The highest BCUT2D eigenvalue weighted by atomic mass is 16.5. The lowest BCUT2D eigenvalue weighted by atomic mass is 9.94. The molecule has 1 aliphatic rings. The predicted molar refractivity (Wildman–Crippen MR) is 72.8 cm³/mol. The summed E-state index contributed by atoms with van der Waals surface area (Å²) >= 11 is 0. The lowest BCUT2D eigenvalue weighted by Gasteiger charge is -2.28. The third-order valence-corrected chi connectivity index (χ3v) is 3.12. The van der Waals surface area contributed by atoms with Gasteiger partial charge in [0.1, 0.15) is 0 Å². The van der Waals surface area contributed by atoms with Crippen LogP contribution in [0.2, 0.25) is 0 Å². The van der Waals surface area contributed by atoms with Gasteiger partial charge in [-0.2, -0.15) is 0 Å². The SMILES string of the molecule is [CH2]C(C)(O)Cc1ccccc1C(=O)N1CCOCC1. The van der Waals surface area contributed by atoms with Crippen LogP contribution in [0, 0.1) is 6.92 Å². The molecule has 1 saturated heterocycles. The summed E-state index contributed by atoms with van der Waals surface area (Å²) in [6.45, 7) is 7.74. The van der Waals surface area contributed by atoms with Gasteiger partial charge in [-0.25, -0.2) is 0 Å². The molecule has 4 nitrogen and oxygen atoms in total. The van der Waals surface area contributed by atoms with Gasteiger partial charge in [-0.05, 0) is 25.5 Å². The van der Waals surface area contributed by atoms with E-state index >= 15 is 0 Å². The van der Waals surface area contributed by atoms with E-state index in [2.05, 4.69) is 6.92 Å². The van der Waals surface area contributed by atoms with Gasteiger partial charge < -0.3 is 14.7 Å². The van der Waals surface area contributed by atoms with Crippen LogP contribution in [0.3, 0.4) is 0 Å². The van der Waals surface area contributed by atoms with Gasteiger partial charge in [0, 0.05) is 25.1 Å². The zero-order valence-corrected chi connectivity index (χ0v) is 11.3. The summed E-state index contributed by atoms with van der Waals surface area (Å²) in [4.78, 5) is 14.3. The Morgan fingerprint density at radius 3 is 2.68 bits per heavy atom. The number of morpholine rings is 1. The van der Waals surface area contributed by atoms with Crippen LogP contribution < -0.4 is 0 Å². The van der Waals surface area contributed by atoms with Crippen molar-refractivity contribution < 1.29 is 14.6 Å². The third-order valence-electron chi connectivity index (χ3n) is 3.12. The Kier molecular flexibility index (Phi) is 4.22. The molecule has 1 aliphatic heterocycles. The van der Waals surface area contributed by atoms with E-state index in [1.54, 1.807) is 17.9 Å². The Morgan fingerprint density at radius 1 is 1.42 bits per heavy atom. The summed E-state index contributed by atoms with van der Waals surface area (Å²) in [6, 6.07) is 7.39. The second kappa shape index (κ2) is 5.72. The summed E-state index contributed by atoms with van der Waals surface area (Å²) in [7, 11) is 0. The zero-order valence-electron chi connectivity index (χ0n) is 11.3. The first-order chi connectivity index (χ1) is 8.97. The molecule has 1 aromatic rings. The highest BCUT2D eigenvalue weighted by Crippen LogP contribution is 2.18. The molecule has 0 spiro atoms. The molecule has 1 fully saturated rings. The Hall–Kier alpha value is -1.39. The maximum absolute atomic E-state index is 12.5. The minimum absolute atomic E-state index is 0.00292. The number of hydrogen-bond donors (Lipinski definition) is 1. The summed E-state index contributed by atoms with van der Waals surface area (Å²) in [6.07, 6.45) is 0.360. The number of hydrogen-bond acceptors (Lipinski definition) is 3. The van der Waals surface area contributed by atoms with E-state index in [1.165, 1.54) is 0 Å². The van der Waals surface area contributed by atoms with E-state index in [1.807, 2.05) is 18.2 Å². The monoisotopic (exact) mass is 262 g/mol. The Balaban J connectivity index is 2.21. The highest BCUT2D eigenvalue weighted by Gasteiger charge is 2.23. The van der Waals surface area contributed by atoms with Crippen LogP contribution in [0.15, 0.2) is 24.3 Å². The van der Waals surface area contributed by atoms with Gasteiger partial charge in [0.05, 0.1) is 18.8 Å². The van der Waals surface area contributed by atoms with Crippen LogP contribution in [-0.4, -0.2) is 47.8 Å². The van der Waals surface area contributed by atoms with Crippen molar-refractivity contribution in [2.45, 2.75) is 18.9 Å². The molecule has 1 amide bonds. The first-order valence-corrected chi connectivity index (χ1v) is 6.50. The molecule has 1 aromatic carbocycles. The van der Waals surface area contributed by atoms with Crippen LogP contribution in [0.5, 0.6) is 0 Å². The number of ether oxygens (including phenoxy) is 1. The number of carbonyl (C=O) groups excluding carboxylic acids is 1. The fourth-order valence-corrected chi connectivity index (χ4v) is 2.23. The molecule has 0 aromatic heterocycles. The number of amides is 1. The van der Waals surface area contributed by atoms with E-state index in [0.29, 0.717) is 38.3 Å². The number of benzene rings is 1. The Morgan fingerprint density at radius 2 is 2.05 bits per heavy atom. The van der Waals surface area contributed by atoms with E-state index in [0.717, 1.165) is 5.56 Å². The fraction of sp³-hybridized carbons (Fsp3) is 0.467. The minimum Gasteiger partial charge on any atom is -0.390 e. The normalized spacial score (nSPS) is 16.5. The molecule has 103 valence electrons. The molecule has 19 heavy (non-hydrogen) atoms. The smallest absolute Gasteiger partial charge is 0.254 e. The third kappa shape index (κ3) is 3.78. The maximum atomic E-state index is 12.5. The van der Waals surface area contributed by atoms with E-state index in [-0.39, 0.29) is 5.91 Å². The van der Waals surface area contributed by atoms with Crippen molar-refractivity contribution >= 4 is 5.91 Å². The lowest BCUT2D eigenvalue weighted by Crippen LogP contribution is -2.41. The number of nitrogens with zero attached hydrogens (tertiary/aromatic N) is 1. The van der Waals surface area contributed by atoms with Gasteiger partial charge in [0.2, 0.25) is 0 Å². The molecule has 4 heteroatoms. The lowest BCUT2D eigenvalue weighted by molar-refractivity contribution is 0.0301. The molecule has 1 atom stereocenters. The van der Waals surface area contributed by atoms with Crippen molar-refractivity contribution in [3.8, 4) is 0 Å². The summed E-state index contributed by atoms with van der Waals surface area (Å²) in [5, 5.41) is 9.83. The van der Waals surface area contributed by atoms with Crippen LogP contribution >= 0.6 is 0 Å². The fourth-order valence-electron chi connectivity index (χ4n) is 2.23. The maximum Gasteiger partial charge on any atom is 0.254 e. The molecule has 1 radical (unpaired) electrons.